The first-order valence-electron chi connectivity index (χ1n) is 7.54. The molecule has 0 radical (unpaired) electrons. The summed E-state index contributed by atoms with van der Waals surface area (Å²) in [7, 11) is 0. The van der Waals surface area contributed by atoms with E-state index in [4.69, 9.17) is 0 Å². The van der Waals surface area contributed by atoms with Crippen LogP contribution in [-0.2, 0) is 0 Å². The smallest absolute Gasteiger partial charge is 0.181 e. The molecule has 0 aromatic heterocycles. The molecule has 1 aliphatic heterocycles. The van der Waals surface area contributed by atoms with Crippen LogP contribution in [0.3, 0.4) is 0 Å². The monoisotopic (exact) mass is 282 g/mol. The molecule has 4 heteroatoms. The summed E-state index contributed by atoms with van der Waals surface area (Å²) < 4.78 is 26.8. The number of likely N-dealkylation sites (tertiary alicyclic amines) is 1. The van der Waals surface area contributed by atoms with Gasteiger partial charge in [0, 0.05) is 6.04 Å². The largest absolute Gasteiger partial charge is 0.380 e. The highest BCUT2D eigenvalue weighted by molar-refractivity contribution is 5.45. The molecule has 0 saturated carbocycles. The highest BCUT2D eigenvalue weighted by Gasteiger charge is 2.24. The van der Waals surface area contributed by atoms with Gasteiger partial charge in [0.2, 0.25) is 0 Å². The fraction of sp³-hybridized carbons (Fsp3) is 0.625. The topological polar surface area (TPSA) is 15.3 Å². The highest BCUT2D eigenvalue weighted by atomic mass is 19.2. The molecule has 0 spiro atoms. The molecule has 1 heterocycles. The molecule has 0 bridgehead atoms. The molecule has 1 aromatic rings. The fourth-order valence-electron chi connectivity index (χ4n) is 2.97. The van der Waals surface area contributed by atoms with Gasteiger partial charge >= 0.3 is 0 Å². The third-order valence-electron chi connectivity index (χ3n) is 4.21. The summed E-state index contributed by atoms with van der Waals surface area (Å²) in [4.78, 5) is 2.48. The van der Waals surface area contributed by atoms with Gasteiger partial charge < -0.3 is 10.2 Å². The summed E-state index contributed by atoms with van der Waals surface area (Å²) in [6.45, 7) is 7.63. The van der Waals surface area contributed by atoms with Crippen molar-refractivity contribution in [3.63, 3.8) is 0 Å². The molecule has 2 nitrogen and oxygen atoms in total. The van der Waals surface area contributed by atoms with Crippen LogP contribution in [0.1, 0.15) is 33.1 Å². The van der Waals surface area contributed by atoms with Crippen LogP contribution < -0.4 is 5.32 Å². The average molecular weight is 282 g/mol. The number of hydrogen-bond acceptors (Lipinski definition) is 2. The van der Waals surface area contributed by atoms with Crippen LogP contribution >= 0.6 is 0 Å². The van der Waals surface area contributed by atoms with Crippen molar-refractivity contribution in [1.82, 2.24) is 4.90 Å². The molecule has 1 aromatic carbocycles. The molecule has 1 N–H and O–H groups in total. The van der Waals surface area contributed by atoms with Crippen molar-refractivity contribution in [2.24, 2.45) is 5.92 Å². The van der Waals surface area contributed by atoms with Gasteiger partial charge in [-0.1, -0.05) is 13.0 Å². The number of hydrogen-bond donors (Lipinski definition) is 1. The second kappa shape index (κ2) is 7.02. The lowest BCUT2D eigenvalue weighted by Crippen LogP contribution is -2.39. The van der Waals surface area contributed by atoms with E-state index in [1.165, 1.54) is 12.5 Å². The lowest BCUT2D eigenvalue weighted by atomic mass is 9.90. The molecule has 1 saturated heterocycles. The summed E-state index contributed by atoms with van der Waals surface area (Å²) in [6.07, 6.45) is 3.42. The van der Waals surface area contributed by atoms with Crippen molar-refractivity contribution < 1.29 is 8.78 Å². The maximum Gasteiger partial charge on any atom is 0.181 e. The second-order valence-corrected chi connectivity index (χ2v) is 5.71. The molecule has 1 fully saturated rings. The predicted molar refractivity (Wildman–Crippen MR) is 78.9 cm³/mol. The number of nitrogens with zero attached hydrogens (tertiary/aromatic N) is 1. The van der Waals surface area contributed by atoms with Crippen molar-refractivity contribution in [3.05, 3.63) is 29.8 Å². The van der Waals surface area contributed by atoms with Gasteiger partial charge in [0.25, 0.3) is 0 Å². The van der Waals surface area contributed by atoms with E-state index >= 15 is 0 Å². The maximum absolute atomic E-state index is 13.6. The first kappa shape index (κ1) is 15.2. The van der Waals surface area contributed by atoms with E-state index in [0.717, 1.165) is 38.5 Å². The Morgan fingerprint density at radius 1 is 1.30 bits per heavy atom. The zero-order valence-corrected chi connectivity index (χ0v) is 12.3. The zero-order valence-electron chi connectivity index (χ0n) is 12.3. The van der Waals surface area contributed by atoms with Crippen molar-refractivity contribution in [3.8, 4) is 0 Å². The first-order chi connectivity index (χ1) is 9.61. The molecule has 1 aliphatic rings. The summed E-state index contributed by atoms with van der Waals surface area (Å²) in [5, 5.41) is 3.13. The van der Waals surface area contributed by atoms with Gasteiger partial charge in [0.15, 0.2) is 11.6 Å². The summed E-state index contributed by atoms with van der Waals surface area (Å²) in [5.74, 6) is -1.05. The van der Waals surface area contributed by atoms with Crippen molar-refractivity contribution >= 4 is 5.69 Å². The van der Waals surface area contributed by atoms with Gasteiger partial charge in [0.05, 0.1) is 5.69 Å². The molecule has 0 amide bonds. The Morgan fingerprint density at radius 3 is 2.65 bits per heavy atom. The van der Waals surface area contributed by atoms with Crippen LogP contribution in [-0.4, -0.2) is 30.6 Å². The molecule has 0 aliphatic carbocycles. The minimum atomic E-state index is -0.792. The number of nitrogens with one attached hydrogen (secondary N) is 1. The van der Waals surface area contributed by atoms with Crippen molar-refractivity contribution in [2.45, 2.75) is 39.2 Å². The normalized spacial score (nSPS) is 19.0. The van der Waals surface area contributed by atoms with E-state index in [2.05, 4.69) is 24.1 Å². The minimum Gasteiger partial charge on any atom is -0.380 e. The van der Waals surface area contributed by atoms with Crippen LogP contribution in [0.4, 0.5) is 14.5 Å². The van der Waals surface area contributed by atoms with Gasteiger partial charge in [-0.05, 0) is 63.9 Å². The summed E-state index contributed by atoms with van der Waals surface area (Å²) >= 11 is 0. The van der Waals surface area contributed by atoms with Crippen LogP contribution in [0.2, 0.25) is 0 Å². The lowest BCUT2D eigenvalue weighted by Gasteiger charge is -2.35. The van der Waals surface area contributed by atoms with E-state index in [1.54, 1.807) is 6.07 Å². The van der Waals surface area contributed by atoms with E-state index in [9.17, 15) is 8.78 Å². The quantitative estimate of drug-likeness (QED) is 0.881. The predicted octanol–water partition coefficient (Wildman–Crippen LogP) is 3.89. The number of piperidine rings is 1. The van der Waals surface area contributed by atoms with E-state index in [0.29, 0.717) is 5.92 Å². The van der Waals surface area contributed by atoms with Gasteiger partial charge in [0.1, 0.15) is 0 Å². The Bertz CT molecular complexity index is 428. The third kappa shape index (κ3) is 3.69. The van der Waals surface area contributed by atoms with Gasteiger partial charge in [-0.15, -0.1) is 0 Å². The van der Waals surface area contributed by atoms with E-state index in [-0.39, 0.29) is 11.7 Å². The van der Waals surface area contributed by atoms with Crippen LogP contribution in [0.5, 0.6) is 0 Å². The van der Waals surface area contributed by atoms with Gasteiger partial charge in [-0.25, -0.2) is 8.78 Å². The SMILES string of the molecule is CCCN1CCC(C(C)Nc2cccc(F)c2F)CC1. The molecule has 2 rings (SSSR count). The zero-order chi connectivity index (χ0) is 14.5. The fourth-order valence-corrected chi connectivity index (χ4v) is 2.97. The molecular weight excluding hydrogens is 258 g/mol. The average Bonchev–Trinajstić information content (AvgIpc) is 2.45. The maximum atomic E-state index is 13.6. The Hall–Kier alpha value is -1.16. The van der Waals surface area contributed by atoms with E-state index < -0.39 is 11.6 Å². The highest BCUT2D eigenvalue weighted by Crippen LogP contribution is 2.25. The Kier molecular flexibility index (Phi) is 5.35. The summed E-state index contributed by atoms with van der Waals surface area (Å²) in [5.41, 5.74) is 0.272. The lowest BCUT2D eigenvalue weighted by molar-refractivity contribution is 0.176. The Morgan fingerprint density at radius 2 is 2.00 bits per heavy atom. The standard InChI is InChI=1S/C16H24F2N2/c1-3-9-20-10-7-13(8-11-20)12(2)19-15-6-4-5-14(17)16(15)18/h4-6,12-13,19H,3,7-11H2,1-2H3. The van der Waals surface area contributed by atoms with Crippen LogP contribution in [0.25, 0.3) is 0 Å². The molecule has 1 unspecified atom stereocenters. The number of benzene rings is 1. The Labute approximate surface area is 120 Å². The number of anilines is 1. The number of rotatable bonds is 5. The first-order valence-corrected chi connectivity index (χ1v) is 7.54. The van der Waals surface area contributed by atoms with Gasteiger partial charge in [-0.2, -0.15) is 0 Å². The van der Waals surface area contributed by atoms with Gasteiger partial charge in [-0.3, -0.25) is 0 Å². The third-order valence-corrected chi connectivity index (χ3v) is 4.21. The van der Waals surface area contributed by atoms with Crippen molar-refractivity contribution in [2.75, 3.05) is 25.0 Å². The molecule has 112 valence electrons. The molecular formula is C16H24F2N2. The van der Waals surface area contributed by atoms with Crippen molar-refractivity contribution in [1.29, 1.82) is 0 Å². The Balaban J connectivity index is 1.89. The van der Waals surface area contributed by atoms with Crippen LogP contribution in [0, 0.1) is 17.6 Å². The molecule has 1 atom stereocenters. The van der Waals surface area contributed by atoms with E-state index in [1.807, 2.05) is 0 Å². The summed E-state index contributed by atoms with van der Waals surface area (Å²) in [6, 6.07) is 4.45. The number of halogens is 2. The molecule has 20 heavy (non-hydrogen) atoms. The van der Waals surface area contributed by atoms with Crippen LogP contribution in [0.15, 0.2) is 18.2 Å². The minimum absolute atomic E-state index is 0.162. The second-order valence-electron chi connectivity index (χ2n) is 5.71.